The number of hydrogen-bond donors (Lipinski definition) is 2. The van der Waals surface area contributed by atoms with Gasteiger partial charge in [-0.2, -0.15) is 0 Å². The molecule has 0 saturated heterocycles. The van der Waals surface area contributed by atoms with Gasteiger partial charge >= 0.3 is 6.03 Å². The van der Waals surface area contributed by atoms with Crippen molar-refractivity contribution >= 4 is 23.5 Å². The van der Waals surface area contributed by atoms with Gasteiger partial charge in [-0.1, -0.05) is 23.7 Å². The number of primary amides is 1. The van der Waals surface area contributed by atoms with Crippen molar-refractivity contribution in [2.24, 2.45) is 5.73 Å². The minimum atomic E-state index is -0.930. The van der Waals surface area contributed by atoms with Crippen molar-refractivity contribution in [3.8, 4) is 5.75 Å². The van der Waals surface area contributed by atoms with Gasteiger partial charge in [-0.05, 0) is 60.7 Å². The molecule has 0 unspecified atom stereocenters. The minimum absolute atomic E-state index is 0.0316. The average Bonchev–Trinajstić information content (AvgIpc) is 2.71. The molecule has 3 N–H and O–H groups in total. The fourth-order valence-electron chi connectivity index (χ4n) is 3.30. The Morgan fingerprint density at radius 2 is 2.00 bits per heavy atom. The fraction of sp³-hybridized carbons (Fsp3) is 0.333. The van der Waals surface area contributed by atoms with Gasteiger partial charge in [0.15, 0.2) is 0 Å². The number of hydrogen-bond acceptors (Lipinski definition) is 4. The number of halogens is 1. The number of aryl methyl sites for hydroxylation is 1. The van der Waals surface area contributed by atoms with Gasteiger partial charge in [-0.3, -0.25) is 10.0 Å². The molecule has 7 nitrogen and oxygen atoms in total. The maximum absolute atomic E-state index is 12.8. The fourth-order valence-corrected chi connectivity index (χ4v) is 3.43. The molecule has 3 amide bonds. The lowest BCUT2D eigenvalue weighted by Crippen LogP contribution is -2.38. The quantitative estimate of drug-likeness (QED) is 0.509. The largest absolute Gasteiger partial charge is 0.492 e. The molecule has 1 aliphatic heterocycles. The second-order valence-electron chi connectivity index (χ2n) is 6.90. The minimum Gasteiger partial charge on any atom is -0.492 e. The van der Waals surface area contributed by atoms with Crippen LogP contribution < -0.4 is 10.5 Å². The molecule has 0 fully saturated rings. The summed E-state index contributed by atoms with van der Waals surface area (Å²) in [7, 11) is 0. The topological polar surface area (TPSA) is 96.1 Å². The van der Waals surface area contributed by atoms with Crippen molar-refractivity contribution in [3.63, 3.8) is 0 Å². The van der Waals surface area contributed by atoms with Gasteiger partial charge in [-0.15, -0.1) is 0 Å². The lowest BCUT2D eigenvalue weighted by atomic mass is 9.98. The first-order valence-corrected chi connectivity index (χ1v) is 9.87. The summed E-state index contributed by atoms with van der Waals surface area (Å²) in [5.74, 6) is 0.620. The second-order valence-corrected chi connectivity index (χ2v) is 7.34. The second kappa shape index (κ2) is 9.62. The van der Waals surface area contributed by atoms with Gasteiger partial charge in [0.25, 0.3) is 5.91 Å². The Kier molecular flexibility index (Phi) is 6.95. The normalized spacial score (nSPS) is 13.2. The lowest BCUT2D eigenvalue weighted by molar-refractivity contribution is -0.0464. The number of carbonyl (C=O) groups excluding carboxylic acids is 2. The number of amides is 3. The van der Waals surface area contributed by atoms with Crippen molar-refractivity contribution in [1.29, 1.82) is 0 Å². The van der Waals surface area contributed by atoms with E-state index in [-0.39, 0.29) is 19.1 Å². The molecule has 154 valence electrons. The monoisotopic (exact) mass is 417 g/mol. The van der Waals surface area contributed by atoms with E-state index >= 15 is 0 Å². The van der Waals surface area contributed by atoms with E-state index in [2.05, 4.69) is 0 Å². The number of urea groups is 1. The number of nitrogens with two attached hydrogens (primary N) is 1. The lowest BCUT2D eigenvalue weighted by Gasteiger charge is -2.29. The maximum atomic E-state index is 12.8. The van der Waals surface area contributed by atoms with E-state index in [1.807, 2.05) is 35.2 Å². The van der Waals surface area contributed by atoms with Crippen LogP contribution in [0.4, 0.5) is 4.79 Å². The standard InChI is InChI=1S/C21H24ClN3O4/c22-17-5-3-15(4-6-17)2-1-10-24-11-9-16-14-18(7-8-19(16)20(24)26)29-13-12-25(28)21(23)27/h3-8,14,28H,1-2,9-13H2,(H2,23,27). The first kappa shape index (κ1) is 21.0. The number of fused-ring (bicyclic) bond motifs is 1. The summed E-state index contributed by atoms with van der Waals surface area (Å²) >= 11 is 5.91. The van der Waals surface area contributed by atoms with Crippen molar-refractivity contribution in [2.75, 3.05) is 26.2 Å². The summed E-state index contributed by atoms with van der Waals surface area (Å²) in [6.07, 6.45) is 2.54. The maximum Gasteiger partial charge on any atom is 0.338 e. The molecule has 0 radical (unpaired) electrons. The molecule has 2 aromatic rings. The van der Waals surface area contributed by atoms with Crippen LogP contribution in [0.3, 0.4) is 0 Å². The van der Waals surface area contributed by atoms with Crippen molar-refractivity contribution in [1.82, 2.24) is 9.96 Å². The highest BCUT2D eigenvalue weighted by Gasteiger charge is 2.24. The average molecular weight is 418 g/mol. The number of carbonyl (C=O) groups is 2. The van der Waals surface area contributed by atoms with Crippen LogP contribution in [0.25, 0.3) is 0 Å². The van der Waals surface area contributed by atoms with Crippen LogP contribution >= 0.6 is 11.6 Å². The van der Waals surface area contributed by atoms with Gasteiger partial charge in [0, 0.05) is 23.7 Å². The highest BCUT2D eigenvalue weighted by atomic mass is 35.5. The highest BCUT2D eigenvalue weighted by Crippen LogP contribution is 2.24. The summed E-state index contributed by atoms with van der Waals surface area (Å²) in [4.78, 5) is 25.4. The zero-order valence-corrected chi connectivity index (χ0v) is 16.8. The molecule has 8 heteroatoms. The molecule has 3 rings (SSSR count). The molecule has 0 aromatic heterocycles. The van der Waals surface area contributed by atoms with Gasteiger partial charge in [0.2, 0.25) is 0 Å². The van der Waals surface area contributed by atoms with E-state index in [1.54, 1.807) is 12.1 Å². The SMILES string of the molecule is NC(=O)N(O)CCOc1ccc2c(c1)CCN(CCCc1ccc(Cl)cc1)C2=O. The Morgan fingerprint density at radius 1 is 1.24 bits per heavy atom. The van der Waals surface area contributed by atoms with Gasteiger partial charge < -0.3 is 15.4 Å². The Balaban J connectivity index is 1.51. The Hall–Kier alpha value is -2.77. The van der Waals surface area contributed by atoms with Crippen LogP contribution in [0.15, 0.2) is 42.5 Å². The zero-order chi connectivity index (χ0) is 20.8. The summed E-state index contributed by atoms with van der Waals surface area (Å²) in [6, 6.07) is 12.2. The molecule has 1 heterocycles. The Morgan fingerprint density at radius 3 is 2.72 bits per heavy atom. The zero-order valence-electron chi connectivity index (χ0n) is 16.0. The summed E-state index contributed by atoms with van der Waals surface area (Å²) in [6.45, 7) is 1.44. The van der Waals surface area contributed by atoms with Crippen LogP contribution in [0.5, 0.6) is 5.75 Å². The van der Waals surface area contributed by atoms with Gasteiger partial charge in [0.1, 0.15) is 12.4 Å². The van der Waals surface area contributed by atoms with E-state index in [9.17, 15) is 14.8 Å². The Bertz CT molecular complexity index is 873. The Labute approximate surface area is 174 Å². The molecule has 0 saturated carbocycles. The third-order valence-electron chi connectivity index (χ3n) is 4.88. The smallest absolute Gasteiger partial charge is 0.338 e. The predicted octanol–water partition coefficient (Wildman–Crippen LogP) is 3.12. The van der Waals surface area contributed by atoms with Crippen LogP contribution in [0.2, 0.25) is 5.02 Å². The molecular formula is C21H24ClN3O4. The van der Waals surface area contributed by atoms with Crippen molar-refractivity contribution < 1.29 is 19.5 Å². The molecular weight excluding hydrogens is 394 g/mol. The summed E-state index contributed by atoms with van der Waals surface area (Å²) in [5.41, 5.74) is 7.78. The number of hydroxylamine groups is 2. The van der Waals surface area contributed by atoms with Crippen LogP contribution in [-0.4, -0.2) is 53.3 Å². The molecule has 0 atom stereocenters. The van der Waals surface area contributed by atoms with E-state index in [4.69, 9.17) is 22.1 Å². The summed E-state index contributed by atoms with van der Waals surface area (Å²) < 4.78 is 5.53. The molecule has 29 heavy (non-hydrogen) atoms. The molecule has 2 aromatic carbocycles. The van der Waals surface area contributed by atoms with Gasteiger partial charge in [0.05, 0.1) is 6.54 Å². The summed E-state index contributed by atoms with van der Waals surface area (Å²) in [5, 5.41) is 10.4. The van der Waals surface area contributed by atoms with E-state index in [0.29, 0.717) is 29.5 Å². The third-order valence-corrected chi connectivity index (χ3v) is 5.13. The molecule has 0 aliphatic carbocycles. The van der Waals surface area contributed by atoms with E-state index in [1.165, 1.54) is 5.56 Å². The van der Waals surface area contributed by atoms with Crippen molar-refractivity contribution in [2.45, 2.75) is 19.3 Å². The first-order chi connectivity index (χ1) is 13.9. The third kappa shape index (κ3) is 5.62. The molecule has 0 bridgehead atoms. The number of benzene rings is 2. The predicted molar refractivity (Wildman–Crippen MR) is 109 cm³/mol. The highest BCUT2D eigenvalue weighted by molar-refractivity contribution is 6.30. The van der Waals surface area contributed by atoms with Crippen LogP contribution in [0, 0.1) is 0 Å². The van der Waals surface area contributed by atoms with E-state index in [0.717, 1.165) is 29.8 Å². The van der Waals surface area contributed by atoms with Gasteiger partial charge in [-0.25, -0.2) is 9.86 Å². The van der Waals surface area contributed by atoms with Crippen molar-refractivity contribution in [3.05, 3.63) is 64.2 Å². The number of rotatable bonds is 8. The van der Waals surface area contributed by atoms with E-state index < -0.39 is 6.03 Å². The van der Waals surface area contributed by atoms with Crippen LogP contribution in [-0.2, 0) is 12.8 Å². The van der Waals surface area contributed by atoms with Crippen LogP contribution in [0.1, 0.15) is 27.9 Å². The number of nitrogens with zero attached hydrogens (tertiary/aromatic N) is 2. The molecule has 0 spiro atoms. The molecule has 1 aliphatic rings. The first-order valence-electron chi connectivity index (χ1n) is 9.49. The number of ether oxygens (including phenoxy) is 1.